The molecule has 0 radical (unpaired) electrons. The Morgan fingerprint density at radius 1 is 1.13 bits per heavy atom. The van der Waals surface area contributed by atoms with E-state index in [1.165, 1.54) is 10.7 Å². The van der Waals surface area contributed by atoms with E-state index in [-0.39, 0.29) is 6.04 Å². The van der Waals surface area contributed by atoms with Crippen LogP contribution in [0.3, 0.4) is 0 Å². The number of aryl methyl sites for hydroxylation is 1. The number of hydrazone groups is 1. The molecule has 0 N–H and O–H groups in total. The average Bonchev–Trinajstić information content (AvgIpc) is 2.93. The van der Waals surface area contributed by atoms with Crippen LogP contribution in [0.5, 0.6) is 0 Å². The van der Waals surface area contributed by atoms with Gasteiger partial charge in [0.05, 0.1) is 18.0 Å². The topological polar surface area (TPSA) is 49.7 Å². The molecule has 0 saturated heterocycles. The van der Waals surface area contributed by atoms with Gasteiger partial charge in [-0.2, -0.15) is 9.52 Å². The van der Waals surface area contributed by atoms with Crippen molar-refractivity contribution in [2.45, 2.75) is 19.4 Å². The van der Waals surface area contributed by atoms with E-state index in [0.717, 1.165) is 16.7 Å². The molecule has 0 bridgehead atoms. The van der Waals surface area contributed by atoms with Crippen LogP contribution in [0.25, 0.3) is 0 Å². The highest BCUT2D eigenvalue weighted by Crippen LogP contribution is 2.35. The summed E-state index contributed by atoms with van der Waals surface area (Å²) in [7, 11) is -3.46. The number of hydrogen-bond acceptors (Lipinski definition) is 3. The first-order valence-corrected chi connectivity index (χ1v) is 9.47. The molecule has 23 heavy (non-hydrogen) atoms. The van der Waals surface area contributed by atoms with Crippen molar-refractivity contribution in [3.63, 3.8) is 0 Å². The molecule has 0 aromatic heterocycles. The second kappa shape index (κ2) is 5.98. The molecular weight excluding hydrogens is 332 g/mol. The lowest BCUT2D eigenvalue weighted by atomic mass is 9.98. The molecule has 2 aromatic rings. The molecule has 1 atom stereocenters. The lowest BCUT2D eigenvalue weighted by Crippen LogP contribution is -2.25. The van der Waals surface area contributed by atoms with Crippen molar-refractivity contribution in [3.8, 4) is 0 Å². The van der Waals surface area contributed by atoms with Crippen molar-refractivity contribution in [1.29, 1.82) is 0 Å². The Morgan fingerprint density at radius 2 is 1.78 bits per heavy atom. The summed E-state index contributed by atoms with van der Waals surface area (Å²) in [4.78, 5) is 0. The van der Waals surface area contributed by atoms with E-state index in [2.05, 4.69) is 5.10 Å². The van der Waals surface area contributed by atoms with E-state index in [1.54, 1.807) is 6.07 Å². The molecule has 0 aliphatic carbocycles. The highest BCUT2D eigenvalue weighted by Gasteiger charge is 2.34. The SMILES string of the molecule is Cc1ccc([C@@H]2CC(c3ccccc3Cl)=NN2S(C)(=O)=O)cc1. The zero-order valence-electron chi connectivity index (χ0n) is 12.9. The van der Waals surface area contributed by atoms with Gasteiger partial charge in [0, 0.05) is 17.0 Å². The molecule has 0 saturated carbocycles. The monoisotopic (exact) mass is 348 g/mol. The van der Waals surface area contributed by atoms with E-state index in [9.17, 15) is 8.42 Å². The molecule has 4 nitrogen and oxygen atoms in total. The van der Waals surface area contributed by atoms with Gasteiger partial charge in [0.25, 0.3) is 0 Å². The second-order valence-electron chi connectivity index (χ2n) is 5.69. The van der Waals surface area contributed by atoms with E-state index < -0.39 is 10.0 Å². The molecule has 1 heterocycles. The molecule has 0 unspecified atom stereocenters. The first kappa shape index (κ1) is 16.0. The summed E-state index contributed by atoms with van der Waals surface area (Å²) in [5.74, 6) is 0. The zero-order valence-corrected chi connectivity index (χ0v) is 14.5. The normalized spacial score (nSPS) is 18.1. The number of hydrogen-bond donors (Lipinski definition) is 0. The van der Waals surface area contributed by atoms with Crippen molar-refractivity contribution >= 4 is 27.3 Å². The molecule has 0 spiro atoms. The maximum atomic E-state index is 12.1. The number of benzene rings is 2. The Balaban J connectivity index is 2.03. The highest BCUT2D eigenvalue weighted by molar-refractivity contribution is 7.88. The maximum absolute atomic E-state index is 12.1. The molecule has 1 aliphatic rings. The van der Waals surface area contributed by atoms with Gasteiger partial charge in [-0.25, -0.2) is 8.42 Å². The molecule has 6 heteroatoms. The molecule has 1 aliphatic heterocycles. The highest BCUT2D eigenvalue weighted by atomic mass is 35.5. The van der Waals surface area contributed by atoms with Crippen LogP contribution in [0.15, 0.2) is 53.6 Å². The fourth-order valence-electron chi connectivity index (χ4n) is 2.69. The Bertz CT molecular complexity index is 860. The predicted molar refractivity (Wildman–Crippen MR) is 93.2 cm³/mol. The molecule has 2 aromatic carbocycles. The van der Waals surface area contributed by atoms with Crippen LogP contribution in [0.2, 0.25) is 5.02 Å². The summed E-state index contributed by atoms with van der Waals surface area (Å²) in [5.41, 5.74) is 3.51. The number of nitrogens with zero attached hydrogens (tertiary/aromatic N) is 2. The number of sulfonamides is 1. The molecule has 3 rings (SSSR count). The van der Waals surface area contributed by atoms with Crippen molar-refractivity contribution in [1.82, 2.24) is 4.41 Å². The zero-order chi connectivity index (χ0) is 16.6. The smallest absolute Gasteiger partial charge is 0.205 e. The van der Waals surface area contributed by atoms with Gasteiger partial charge < -0.3 is 0 Å². The minimum absolute atomic E-state index is 0.336. The third kappa shape index (κ3) is 3.26. The van der Waals surface area contributed by atoms with Gasteiger partial charge in [-0.1, -0.05) is 59.6 Å². The number of halogens is 1. The minimum atomic E-state index is -3.46. The molecular formula is C17H17ClN2O2S. The van der Waals surface area contributed by atoms with Crippen LogP contribution in [0.1, 0.15) is 29.2 Å². The van der Waals surface area contributed by atoms with Crippen molar-refractivity contribution in [2.24, 2.45) is 5.10 Å². The van der Waals surface area contributed by atoms with Gasteiger partial charge >= 0.3 is 0 Å². The average molecular weight is 349 g/mol. The van der Waals surface area contributed by atoms with Crippen LogP contribution in [-0.2, 0) is 10.0 Å². The van der Waals surface area contributed by atoms with E-state index >= 15 is 0 Å². The minimum Gasteiger partial charge on any atom is -0.205 e. The van der Waals surface area contributed by atoms with Gasteiger partial charge in [0.15, 0.2) is 0 Å². The standard InChI is InChI=1S/C17H17ClN2O2S/c1-12-7-9-13(10-8-12)17-11-16(19-20(17)23(2,21)22)14-5-3-4-6-15(14)18/h3-10,17H,11H2,1-2H3/t17-/m0/s1. The van der Waals surface area contributed by atoms with Crippen LogP contribution in [0.4, 0.5) is 0 Å². The van der Waals surface area contributed by atoms with E-state index in [0.29, 0.717) is 17.2 Å². The molecule has 0 amide bonds. The van der Waals surface area contributed by atoms with Crippen LogP contribution < -0.4 is 0 Å². The van der Waals surface area contributed by atoms with Crippen molar-refractivity contribution in [2.75, 3.05) is 6.26 Å². The summed E-state index contributed by atoms with van der Waals surface area (Å²) in [6, 6.07) is 14.9. The Morgan fingerprint density at radius 3 is 2.39 bits per heavy atom. The van der Waals surface area contributed by atoms with Gasteiger partial charge in [0.1, 0.15) is 0 Å². The largest absolute Gasteiger partial charge is 0.247 e. The maximum Gasteiger partial charge on any atom is 0.247 e. The third-order valence-electron chi connectivity index (χ3n) is 3.86. The van der Waals surface area contributed by atoms with Gasteiger partial charge in [-0.05, 0) is 18.6 Å². The summed E-state index contributed by atoms with van der Waals surface area (Å²) in [5, 5.41) is 4.92. The molecule has 0 fully saturated rings. The fourth-order valence-corrected chi connectivity index (χ4v) is 3.84. The van der Waals surface area contributed by atoms with Crippen molar-refractivity contribution < 1.29 is 8.42 Å². The van der Waals surface area contributed by atoms with Crippen LogP contribution >= 0.6 is 11.6 Å². The first-order valence-electron chi connectivity index (χ1n) is 7.24. The van der Waals surface area contributed by atoms with Gasteiger partial charge in [-0.15, -0.1) is 0 Å². The van der Waals surface area contributed by atoms with Crippen LogP contribution in [-0.4, -0.2) is 24.8 Å². The Labute approximate surface area is 141 Å². The predicted octanol–water partition coefficient (Wildman–Crippen LogP) is 3.76. The Kier molecular flexibility index (Phi) is 4.17. The van der Waals surface area contributed by atoms with E-state index in [1.807, 2.05) is 49.4 Å². The van der Waals surface area contributed by atoms with Crippen LogP contribution in [0, 0.1) is 6.92 Å². The summed E-state index contributed by atoms with van der Waals surface area (Å²) in [6.07, 6.45) is 1.67. The lowest BCUT2D eigenvalue weighted by Gasteiger charge is -2.21. The van der Waals surface area contributed by atoms with Crippen molar-refractivity contribution in [3.05, 3.63) is 70.2 Å². The van der Waals surface area contributed by atoms with E-state index in [4.69, 9.17) is 11.6 Å². The fraction of sp³-hybridized carbons (Fsp3) is 0.235. The summed E-state index contributed by atoms with van der Waals surface area (Å²) >= 11 is 6.23. The number of rotatable bonds is 3. The molecule has 120 valence electrons. The summed E-state index contributed by atoms with van der Waals surface area (Å²) < 4.78 is 25.5. The summed E-state index contributed by atoms with van der Waals surface area (Å²) in [6.45, 7) is 2.00. The third-order valence-corrected chi connectivity index (χ3v) is 5.20. The van der Waals surface area contributed by atoms with Gasteiger partial charge in [-0.3, -0.25) is 0 Å². The lowest BCUT2D eigenvalue weighted by molar-refractivity contribution is 0.375. The first-order chi connectivity index (χ1) is 10.9. The second-order valence-corrected chi connectivity index (χ2v) is 7.94. The Hall–Kier alpha value is -1.85. The van der Waals surface area contributed by atoms with Gasteiger partial charge in [0.2, 0.25) is 10.0 Å². The quantitative estimate of drug-likeness (QED) is 0.848.